The van der Waals surface area contributed by atoms with Crippen LogP contribution in [0.25, 0.3) is 0 Å². The first-order valence-corrected chi connectivity index (χ1v) is 8.33. The smallest absolute Gasteiger partial charge is 0.162 e. The van der Waals surface area contributed by atoms with E-state index in [9.17, 15) is 5.11 Å². The maximum atomic E-state index is 10.5. The molecule has 0 aromatic heterocycles. The van der Waals surface area contributed by atoms with Crippen molar-refractivity contribution in [3.63, 3.8) is 0 Å². The minimum Gasteiger partial charge on any atom is -0.504 e. The number of hydrogen-bond acceptors (Lipinski definition) is 4. The summed E-state index contributed by atoms with van der Waals surface area (Å²) in [6.45, 7) is 8.46. The summed E-state index contributed by atoms with van der Waals surface area (Å²) in [5, 5.41) is 13.9. The summed E-state index contributed by atoms with van der Waals surface area (Å²) >= 11 is 3.52. The van der Waals surface area contributed by atoms with Crippen LogP contribution in [-0.2, 0) is 0 Å². The van der Waals surface area contributed by atoms with Crippen molar-refractivity contribution < 1.29 is 9.84 Å². The van der Waals surface area contributed by atoms with Crippen molar-refractivity contribution in [2.24, 2.45) is 5.92 Å². The maximum absolute atomic E-state index is 10.5. The molecule has 0 spiro atoms. The van der Waals surface area contributed by atoms with Crippen molar-refractivity contribution in [1.29, 1.82) is 0 Å². The quantitative estimate of drug-likeness (QED) is 0.850. The molecule has 4 nitrogen and oxygen atoms in total. The summed E-state index contributed by atoms with van der Waals surface area (Å²) in [7, 11) is 1.59. The molecule has 1 heterocycles. The van der Waals surface area contributed by atoms with Gasteiger partial charge in [0.2, 0.25) is 0 Å². The lowest BCUT2D eigenvalue weighted by Crippen LogP contribution is -2.45. The molecule has 118 valence electrons. The fourth-order valence-corrected chi connectivity index (χ4v) is 3.37. The van der Waals surface area contributed by atoms with E-state index in [1.54, 1.807) is 7.11 Å². The number of nitrogens with zero attached hydrogens (tertiary/aromatic N) is 1. The van der Waals surface area contributed by atoms with Gasteiger partial charge in [-0.15, -0.1) is 0 Å². The highest BCUT2D eigenvalue weighted by atomic mass is 79.9. The number of halogens is 1. The van der Waals surface area contributed by atoms with E-state index in [1.165, 1.54) is 0 Å². The number of aromatic hydroxyl groups is 1. The summed E-state index contributed by atoms with van der Waals surface area (Å²) in [4.78, 5) is 2.46. The van der Waals surface area contributed by atoms with E-state index in [2.05, 4.69) is 40.0 Å². The van der Waals surface area contributed by atoms with E-state index in [0.717, 1.165) is 42.6 Å². The maximum Gasteiger partial charge on any atom is 0.162 e. The summed E-state index contributed by atoms with van der Waals surface area (Å²) < 4.78 is 6.24. The van der Waals surface area contributed by atoms with Crippen LogP contribution in [-0.4, -0.2) is 43.3 Å². The van der Waals surface area contributed by atoms with Crippen LogP contribution in [0.2, 0.25) is 0 Å². The molecule has 1 aliphatic rings. The lowest BCUT2D eigenvalue weighted by molar-refractivity contribution is 0.151. The second kappa shape index (κ2) is 7.47. The molecule has 1 aromatic rings. The average molecular weight is 357 g/mol. The number of phenolic OH excluding ortho intramolecular Hbond substituents is 1. The average Bonchev–Trinajstić information content (AvgIpc) is 2.47. The highest BCUT2D eigenvalue weighted by Crippen LogP contribution is 2.41. The number of phenols is 1. The van der Waals surface area contributed by atoms with Crippen molar-refractivity contribution in [3.05, 3.63) is 22.2 Å². The molecular weight excluding hydrogens is 332 g/mol. The molecule has 0 saturated carbocycles. The largest absolute Gasteiger partial charge is 0.504 e. The number of rotatable bonds is 5. The Labute approximate surface area is 135 Å². The van der Waals surface area contributed by atoms with Crippen LogP contribution in [0.5, 0.6) is 11.5 Å². The summed E-state index contributed by atoms with van der Waals surface area (Å²) in [5.74, 6) is 1.36. The predicted molar refractivity (Wildman–Crippen MR) is 89.0 cm³/mol. The second-order valence-electron chi connectivity index (χ2n) is 5.98. The van der Waals surface area contributed by atoms with Gasteiger partial charge in [-0.25, -0.2) is 0 Å². The highest BCUT2D eigenvalue weighted by Gasteiger charge is 2.27. The zero-order chi connectivity index (χ0) is 15.4. The van der Waals surface area contributed by atoms with Gasteiger partial charge in [-0.05, 0) is 24.5 Å². The van der Waals surface area contributed by atoms with Gasteiger partial charge in [0.05, 0.1) is 7.11 Å². The van der Waals surface area contributed by atoms with Crippen LogP contribution in [0.15, 0.2) is 16.6 Å². The molecular formula is C16H25BrN2O2. The molecule has 1 fully saturated rings. The SMILES string of the molecule is COc1cc(Br)cc([C@H](CC(C)C)N2CCNCC2)c1O. The lowest BCUT2D eigenvalue weighted by Gasteiger charge is -2.36. The summed E-state index contributed by atoms with van der Waals surface area (Å²) in [6.07, 6.45) is 1.02. The zero-order valence-electron chi connectivity index (χ0n) is 13.0. The summed E-state index contributed by atoms with van der Waals surface area (Å²) in [5.41, 5.74) is 0.955. The van der Waals surface area contributed by atoms with Gasteiger partial charge in [0.25, 0.3) is 0 Å². The van der Waals surface area contributed by atoms with Crippen molar-refractivity contribution in [2.45, 2.75) is 26.3 Å². The van der Waals surface area contributed by atoms with Crippen LogP contribution < -0.4 is 10.1 Å². The van der Waals surface area contributed by atoms with Crippen LogP contribution in [0.4, 0.5) is 0 Å². The fourth-order valence-electron chi connectivity index (χ4n) is 2.92. The predicted octanol–water partition coefficient (Wildman–Crippen LogP) is 3.16. The Bertz CT molecular complexity index is 474. The molecule has 1 saturated heterocycles. The molecule has 1 atom stereocenters. The Morgan fingerprint density at radius 2 is 2.00 bits per heavy atom. The number of hydrogen-bond donors (Lipinski definition) is 2. The van der Waals surface area contributed by atoms with E-state index < -0.39 is 0 Å². The minimum atomic E-state index is 0.221. The summed E-state index contributed by atoms with van der Waals surface area (Å²) in [6, 6.07) is 4.05. The third-order valence-corrected chi connectivity index (χ3v) is 4.39. The molecule has 0 amide bonds. The highest BCUT2D eigenvalue weighted by molar-refractivity contribution is 9.10. The molecule has 0 radical (unpaired) electrons. The van der Waals surface area contributed by atoms with Gasteiger partial charge in [0.15, 0.2) is 11.5 Å². The Hall–Kier alpha value is -0.780. The third kappa shape index (κ3) is 4.11. The molecule has 2 rings (SSSR count). The zero-order valence-corrected chi connectivity index (χ0v) is 14.6. The van der Waals surface area contributed by atoms with Crippen LogP contribution in [0.1, 0.15) is 31.9 Å². The number of ether oxygens (including phenoxy) is 1. The molecule has 1 aliphatic heterocycles. The van der Waals surface area contributed by atoms with Crippen molar-refractivity contribution >= 4 is 15.9 Å². The molecule has 0 bridgehead atoms. The van der Waals surface area contributed by atoms with Crippen LogP contribution >= 0.6 is 15.9 Å². The van der Waals surface area contributed by atoms with Crippen molar-refractivity contribution in [3.8, 4) is 11.5 Å². The van der Waals surface area contributed by atoms with Gasteiger partial charge in [0, 0.05) is 42.3 Å². The molecule has 21 heavy (non-hydrogen) atoms. The molecule has 0 unspecified atom stereocenters. The van der Waals surface area contributed by atoms with E-state index in [0.29, 0.717) is 11.7 Å². The van der Waals surface area contributed by atoms with Gasteiger partial charge < -0.3 is 15.2 Å². The molecule has 0 aliphatic carbocycles. The third-order valence-electron chi connectivity index (χ3n) is 3.94. The molecule has 1 aromatic carbocycles. The Morgan fingerprint density at radius 3 is 2.57 bits per heavy atom. The lowest BCUT2D eigenvalue weighted by atomic mass is 9.94. The number of methoxy groups -OCH3 is 1. The van der Waals surface area contributed by atoms with E-state index >= 15 is 0 Å². The number of nitrogens with one attached hydrogen (secondary N) is 1. The first kappa shape index (κ1) is 16.6. The van der Waals surface area contributed by atoms with Gasteiger partial charge in [-0.3, -0.25) is 4.90 Å². The standard InChI is InChI=1S/C16H25BrN2O2/c1-11(2)8-14(19-6-4-18-5-7-19)13-9-12(17)10-15(21-3)16(13)20/h9-11,14,18,20H,4-8H2,1-3H3/t14-/m0/s1. The Morgan fingerprint density at radius 1 is 1.33 bits per heavy atom. The van der Waals surface area contributed by atoms with Gasteiger partial charge in [0.1, 0.15) is 0 Å². The van der Waals surface area contributed by atoms with E-state index in [1.807, 2.05) is 12.1 Å². The normalized spacial score (nSPS) is 18.0. The van der Waals surface area contributed by atoms with Gasteiger partial charge >= 0.3 is 0 Å². The van der Waals surface area contributed by atoms with Crippen molar-refractivity contribution in [2.75, 3.05) is 33.3 Å². The molecule has 2 N–H and O–H groups in total. The van der Waals surface area contributed by atoms with Crippen LogP contribution in [0.3, 0.4) is 0 Å². The Balaban J connectivity index is 2.37. The van der Waals surface area contributed by atoms with Gasteiger partial charge in [-0.2, -0.15) is 0 Å². The molecule has 5 heteroatoms. The first-order chi connectivity index (χ1) is 10.0. The number of piperazine rings is 1. The fraction of sp³-hybridized carbons (Fsp3) is 0.625. The van der Waals surface area contributed by atoms with E-state index in [-0.39, 0.29) is 11.8 Å². The topological polar surface area (TPSA) is 44.7 Å². The first-order valence-electron chi connectivity index (χ1n) is 7.54. The monoisotopic (exact) mass is 356 g/mol. The Kier molecular flexibility index (Phi) is 5.90. The number of benzene rings is 1. The van der Waals surface area contributed by atoms with Gasteiger partial charge in [-0.1, -0.05) is 29.8 Å². The second-order valence-corrected chi connectivity index (χ2v) is 6.89. The van der Waals surface area contributed by atoms with Crippen molar-refractivity contribution in [1.82, 2.24) is 10.2 Å². The minimum absolute atomic E-state index is 0.221. The van der Waals surface area contributed by atoms with Crippen LogP contribution in [0, 0.1) is 5.92 Å². The van der Waals surface area contributed by atoms with E-state index in [4.69, 9.17) is 4.74 Å².